The van der Waals surface area contributed by atoms with Gasteiger partial charge in [-0.15, -0.1) is 0 Å². The molecule has 28 heavy (non-hydrogen) atoms. The van der Waals surface area contributed by atoms with Gasteiger partial charge in [0.1, 0.15) is 5.69 Å². The molecule has 0 unspecified atom stereocenters. The maximum atomic E-state index is 12.6. The summed E-state index contributed by atoms with van der Waals surface area (Å²) in [5.41, 5.74) is 2.47. The molecular formula is C20H17ClN4O3. The van der Waals surface area contributed by atoms with Gasteiger partial charge in [0.25, 0.3) is 5.91 Å². The van der Waals surface area contributed by atoms with Gasteiger partial charge in [-0.3, -0.25) is 4.79 Å². The number of methoxy groups -OCH3 is 1. The summed E-state index contributed by atoms with van der Waals surface area (Å²) in [7, 11) is 1.31. The molecule has 0 aliphatic rings. The van der Waals surface area contributed by atoms with Crippen LogP contribution in [0.1, 0.15) is 26.5 Å². The second-order valence-electron chi connectivity index (χ2n) is 5.88. The summed E-state index contributed by atoms with van der Waals surface area (Å²) in [6, 6.07) is 15.1. The average molecular weight is 397 g/mol. The van der Waals surface area contributed by atoms with E-state index in [9.17, 15) is 9.59 Å². The Hall–Kier alpha value is -3.45. The Labute approximate surface area is 166 Å². The first-order valence-corrected chi connectivity index (χ1v) is 8.70. The predicted molar refractivity (Wildman–Crippen MR) is 107 cm³/mol. The summed E-state index contributed by atoms with van der Waals surface area (Å²) in [6.45, 7) is 1.77. The molecule has 0 aliphatic carbocycles. The van der Waals surface area contributed by atoms with E-state index in [0.717, 1.165) is 0 Å². The lowest BCUT2D eigenvalue weighted by Crippen LogP contribution is -2.15. The number of benzene rings is 2. The number of nitrogens with zero attached hydrogens (tertiary/aromatic N) is 2. The second-order valence-corrected chi connectivity index (χ2v) is 6.31. The first-order chi connectivity index (χ1) is 13.4. The fraction of sp³-hybridized carbons (Fsp3) is 0.100. The minimum Gasteiger partial charge on any atom is -0.465 e. The Morgan fingerprint density at radius 3 is 2.43 bits per heavy atom. The molecule has 0 saturated carbocycles. The molecule has 0 fully saturated rings. The van der Waals surface area contributed by atoms with Crippen LogP contribution in [0.5, 0.6) is 0 Å². The largest absolute Gasteiger partial charge is 0.465 e. The Morgan fingerprint density at radius 2 is 1.75 bits per heavy atom. The summed E-state index contributed by atoms with van der Waals surface area (Å²) >= 11 is 5.98. The summed E-state index contributed by atoms with van der Waals surface area (Å²) in [6.07, 6.45) is 0. The molecule has 7 nitrogen and oxygen atoms in total. The molecule has 2 N–H and O–H groups in total. The second kappa shape index (κ2) is 8.49. The molecule has 2 aromatic carbocycles. The van der Waals surface area contributed by atoms with E-state index in [2.05, 4.69) is 25.3 Å². The quantitative estimate of drug-likeness (QED) is 0.627. The summed E-state index contributed by atoms with van der Waals surface area (Å²) < 4.78 is 4.65. The smallest absolute Gasteiger partial charge is 0.337 e. The van der Waals surface area contributed by atoms with Crippen LogP contribution in [0.2, 0.25) is 5.02 Å². The molecule has 1 heterocycles. The van der Waals surface area contributed by atoms with Crippen LogP contribution in [0.25, 0.3) is 0 Å². The van der Waals surface area contributed by atoms with Gasteiger partial charge < -0.3 is 15.4 Å². The number of rotatable bonds is 5. The number of hydrogen-bond acceptors (Lipinski definition) is 6. The fourth-order valence-corrected chi connectivity index (χ4v) is 2.63. The fourth-order valence-electron chi connectivity index (χ4n) is 2.44. The lowest BCUT2D eigenvalue weighted by atomic mass is 10.2. The molecule has 0 bridgehead atoms. The van der Waals surface area contributed by atoms with E-state index in [-0.39, 0.29) is 11.6 Å². The van der Waals surface area contributed by atoms with Crippen molar-refractivity contribution in [2.75, 3.05) is 17.7 Å². The van der Waals surface area contributed by atoms with Gasteiger partial charge in [0.2, 0.25) is 5.95 Å². The molecule has 0 saturated heterocycles. The van der Waals surface area contributed by atoms with Gasteiger partial charge >= 0.3 is 5.97 Å². The number of ether oxygens (including phenoxy) is 1. The van der Waals surface area contributed by atoms with E-state index >= 15 is 0 Å². The van der Waals surface area contributed by atoms with Gasteiger partial charge in [-0.25, -0.2) is 14.8 Å². The van der Waals surface area contributed by atoms with Crippen molar-refractivity contribution in [2.24, 2.45) is 0 Å². The minimum atomic E-state index is -0.443. The van der Waals surface area contributed by atoms with Gasteiger partial charge in [-0.05, 0) is 55.5 Å². The Kier molecular flexibility index (Phi) is 5.86. The zero-order valence-electron chi connectivity index (χ0n) is 15.2. The third-order valence-corrected chi connectivity index (χ3v) is 3.97. The molecule has 0 spiro atoms. The highest BCUT2D eigenvalue weighted by molar-refractivity contribution is 6.30. The average Bonchev–Trinajstić information content (AvgIpc) is 2.67. The minimum absolute atomic E-state index is 0.203. The van der Waals surface area contributed by atoms with Crippen molar-refractivity contribution >= 4 is 40.8 Å². The van der Waals surface area contributed by atoms with E-state index < -0.39 is 11.9 Å². The molecule has 0 atom stereocenters. The standard InChI is InChI=1S/C20H17ClN4O3/c1-12-10-17(25-20(22-12)24-16-5-3-4-14(21)11-16)18(26)23-15-8-6-13(7-9-15)19(27)28-2/h3-11H,1-2H3,(H,23,26)(H,22,24,25). The van der Waals surface area contributed by atoms with Gasteiger partial charge in [0, 0.05) is 22.1 Å². The SMILES string of the molecule is COC(=O)c1ccc(NC(=O)c2cc(C)nc(Nc3cccc(Cl)c3)n2)cc1. The van der Waals surface area contributed by atoms with E-state index in [1.54, 1.807) is 55.5 Å². The molecule has 1 aromatic heterocycles. The third kappa shape index (κ3) is 4.83. The Balaban J connectivity index is 1.76. The van der Waals surface area contributed by atoms with Crippen LogP contribution in [-0.4, -0.2) is 29.0 Å². The van der Waals surface area contributed by atoms with Crippen LogP contribution in [-0.2, 0) is 4.74 Å². The number of esters is 1. The lowest BCUT2D eigenvalue weighted by molar-refractivity contribution is 0.0600. The number of nitrogens with one attached hydrogen (secondary N) is 2. The van der Waals surface area contributed by atoms with Crippen LogP contribution in [0, 0.1) is 6.92 Å². The highest BCUT2D eigenvalue weighted by atomic mass is 35.5. The molecule has 142 valence electrons. The number of amides is 1. The van der Waals surface area contributed by atoms with Crippen molar-refractivity contribution in [2.45, 2.75) is 6.92 Å². The van der Waals surface area contributed by atoms with Crippen molar-refractivity contribution in [3.8, 4) is 0 Å². The van der Waals surface area contributed by atoms with Crippen molar-refractivity contribution < 1.29 is 14.3 Å². The molecule has 8 heteroatoms. The molecule has 0 radical (unpaired) electrons. The number of anilines is 3. The maximum Gasteiger partial charge on any atom is 0.337 e. The van der Waals surface area contributed by atoms with Gasteiger partial charge in [0.15, 0.2) is 0 Å². The molecule has 1 amide bonds. The third-order valence-electron chi connectivity index (χ3n) is 3.73. The summed E-state index contributed by atoms with van der Waals surface area (Å²) in [4.78, 5) is 32.6. The number of hydrogen-bond donors (Lipinski definition) is 2. The van der Waals surface area contributed by atoms with Crippen LogP contribution < -0.4 is 10.6 Å². The predicted octanol–water partition coefficient (Wildman–Crippen LogP) is 4.22. The van der Waals surface area contributed by atoms with Crippen LogP contribution in [0.15, 0.2) is 54.6 Å². The van der Waals surface area contributed by atoms with Crippen molar-refractivity contribution in [3.05, 3.63) is 76.6 Å². The van der Waals surface area contributed by atoms with E-state index in [0.29, 0.717) is 27.7 Å². The molecule has 3 rings (SSSR count). The Bertz CT molecular complexity index is 1020. The summed E-state index contributed by atoms with van der Waals surface area (Å²) in [5, 5.41) is 6.35. The number of aryl methyl sites for hydroxylation is 1. The number of aromatic nitrogens is 2. The van der Waals surface area contributed by atoms with Crippen molar-refractivity contribution in [3.63, 3.8) is 0 Å². The topological polar surface area (TPSA) is 93.2 Å². The monoisotopic (exact) mass is 396 g/mol. The van der Waals surface area contributed by atoms with Crippen molar-refractivity contribution in [1.82, 2.24) is 9.97 Å². The van der Waals surface area contributed by atoms with Gasteiger partial charge in [-0.1, -0.05) is 17.7 Å². The zero-order chi connectivity index (χ0) is 20.1. The number of halogens is 1. The van der Waals surface area contributed by atoms with E-state index in [1.807, 2.05) is 6.07 Å². The zero-order valence-corrected chi connectivity index (χ0v) is 15.9. The van der Waals surface area contributed by atoms with Gasteiger partial charge in [-0.2, -0.15) is 0 Å². The first-order valence-electron chi connectivity index (χ1n) is 8.32. The van der Waals surface area contributed by atoms with Crippen LogP contribution >= 0.6 is 11.6 Å². The van der Waals surface area contributed by atoms with Crippen LogP contribution in [0.3, 0.4) is 0 Å². The van der Waals surface area contributed by atoms with E-state index in [1.165, 1.54) is 7.11 Å². The van der Waals surface area contributed by atoms with Gasteiger partial charge in [0.05, 0.1) is 12.7 Å². The first kappa shape index (κ1) is 19.3. The molecule has 3 aromatic rings. The highest BCUT2D eigenvalue weighted by Crippen LogP contribution is 2.19. The Morgan fingerprint density at radius 1 is 1.00 bits per heavy atom. The molecule has 0 aliphatic heterocycles. The highest BCUT2D eigenvalue weighted by Gasteiger charge is 2.12. The summed E-state index contributed by atoms with van der Waals surface area (Å²) in [5.74, 6) is -0.556. The lowest BCUT2D eigenvalue weighted by Gasteiger charge is -2.09. The van der Waals surface area contributed by atoms with Crippen molar-refractivity contribution in [1.29, 1.82) is 0 Å². The normalized spacial score (nSPS) is 10.2. The molecular weight excluding hydrogens is 380 g/mol. The maximum absolute atomic E-state index is 12.6. The van der Waals surface area contributed by atoms with E-state index in [4.69, 9.17) is 11.6 Å². The number of carbonyl (C=O) groups is 2. The number of carbonyl (C=O) groups excluding carboxylic acids is 2. The van der Waals surface area contributed by atoms with Crippen LogP contribution in [0.4, 0.5) is 17.3 Å².